The molecule has 0 bridgehead atoms. The molecule has 30 heavy (non-hydrogen) atoms. The van der Waals surface area contributed by atoms with Gasteiger partial charge in [-0.25, -0.2) is 14.4 Å². The first-order chi connectivity index (χ1) is 14.7. The van der Waals surface area contributed by atoms with E-state index >= 15 is 0 Å². The van der Waals surface area contributed by atoms with E-state index < -0.39 is 0 Å². The topological polar surface area (TPSA) is 54.3 Å². The molecule has 1 fully saturated rings. The second-order valence-corrected chi connectivity index (χ2v) is 7.27. The molecule has 1 saturated heterocycles. The summed E-state index contributed by atoms with van der Waals surface area (Å²) in [5.74, 6) is 0.433. The second-order valence-electron chi connectivity index (χ2n) is 7.27. The molecule has 0 aliphatic carbocycles. The standard InChI is InChI=1S/C23H20FN5O/c24-18-4-3-5-19(14-18)27-10-12-28(13-11-27)23(30)17-8-9-22(25-15-17)29-16-26-20-6-1-2-7-21(20)29/h1-9,14-16H,10-13H2. The van der Waals surface area contributed by atoms with Crippen molar-refractivity contribution in [1.29, 1.82) is 0 Å². The molecule has 1 aliphatic heterocycles. The Bertz CT molecular complexity index is 1200. The van der Waals surface area contributed by atoms with Crippen molar-refractivity contribution in [3.63, 3.8) is 0 Å². The Labute approximate surface area is 173 Å². The maximum Gasteiger partial charge on any atom is 0.255 e. The van der Waals surface area contributed by atoms with E-state index in [-0.39, 0.29) is 11.7 Å². The van der Waals surface area contributed by atoms with Gasteiger partial charge in [-0.05, 0) is 42.5 Å². The highest BCUT2D eigenvalue weighted by Crippen LogP contribution is 2.20. The first kappa shape index (κ1) is 18.3. The zero-order chi connectivity index (χ0) is 20.5. The minimum absolute atomic E-state index is 0.0385. The van der Waals surface area contributed by atoms with Crippen LogP contribution in [-0.4, -0.2) is 51.5 Å². The van der Waals surface area contributed by atoms with Crippen LogP contribution in [0.15, 0.2) is 73.2 Å². The number of hydrogen-bond acceptors (Lipinski definition) is 4. The van der Waals surface area contributed by atoms with E-state index in [4.69, 9.17) is 0 Å². The Hall–Kier alpha value is -3.74. The summed E-state index contributed by atoms with van der Waals surface area (Å²) in [5.41, 5.74) is 3.27. The average molecular weight is 401 g/mol. The number of fused-ring (bicyclic) bond motifs is 1. The molecular formula is C23H20FN5O. The van der Waals surface area contributed by atoms with Gasteiger partial charge in [0.25, 0.3) is 5.91 Å². The average Bonchev–Trinajstić information content (AvgIpc) is 3.23. The summed E-state index contributed by atoms with van der Waals surface area (Å²) in [6.45, 7) is 2.51. The van der Waals surface area contributed by atoms with Crippen molar-refractivity contribution in [1.82, 2.24) is 19.4 Å². The third kappa shape index (κ3) is 3.39. The fourth-order valence-electron chi connectivity index (χ4n) is 3.82. The summed E-state index contributed by atoms with van der Waals surface area (Å²) in [6, 6.07) is 18.1. The van der Waals surface area contributed by atoms with Gasteiger partial charge in [0, 0.05) is 38.1 Å². The van der Waals surface area contributed by atoms with Crippen molar-refractivity contribution in [2.45, 2.75) is 0 Å². The van der Waals surface area contributed by atoms with Crippen molar-refractivity contribution >= 4 is 22.6 Å². The van der Waals surface area contributed by atoms with E-state index in [1.165, 1.54) is 12.1 Å². The Kier molecular flexibility index (Phi) is 4.63. The van der Waals surface area contributed by atoms with Crippen molar-refractivity contribution < 1.29 is 9.18 Å². The van der Waals surface area contributed by atoms with Gasteiger partial charge in [-0.1, -0.05) is 18.2 Å². The molecule has 7 heteroatoms. The number of imidazole rings is 1. The van der Waals surface area contributed by atoms with Gasteiger partial charge in [-0.2, -0.15) is 0 Å². The third-order valence-electron chi connectivity index (χ3n) is 5.44. The Morgan fingerprint density at radius 1 is 0.900 bits per heavy atom. The first-order valence-electron chi connectivity index (χ1n) is 9.87. The van der Waals surface area contributed by atoms with Gasteiger partial charge in [-0.15, -0.1) is 0 Å². The fraction of sp³-hybridized carbons (Fsp3) is 0.174. The molecule has 3 heterocycles. The summed E-state index contributed by atoms with van der Waals surface area (Å²) in [7, 11) is 0. The van der Waals surface area contributed by atoms with Crippen LogP contribution in [0.4, 0.5) is 10.1 Å². The van der Waals surface area contributed by atoms with Crippen LogP contribution in [-0.2, 0) is 0 Å². The van der Waals surface area contributed by atoms with Crippen molar-refractivity contribution in [3.8, 4) is 5.82 Å². The molecule has 150 valence electrons. The van der Waals surface area contributed by atoms with Crippen LogP contribution in [0, 0.1) is 5.82 Å². The third-order valence-corrected chi connectivity index (χ3v) is 5.44. The Balaban J connectivity index is 1.28. The predicted molar refractivity (Wildman–Crippen MR) is 113 cm³/mol. The Morgan fingerprint density at radius 3 is 2.50 bits per heavy atom. The fourth-order valence-corrected chi connectivity index (χ4v) is 3.82. The number of nitrogens with zero attached hydrogens (tertiary/aromatic N) is 5. The van der Waals surface area contributed by atoms with Crippen LogP contribution in [0.3, 0.4) is 0 Å². The minimum Gasteiger partial charge on any atom is -0.368 e. The SMILES string of the molecule is O=C(c1ccc(-n2cnc3ccccc32)nc1)N1CCN(c2cccc(F)c2)CC1. The van der Waals surface area contributed by atoms with Gasteiger partial charge in [0.2, 0.25) is 0 Å². The zero-order valence-electron chi connectivity index (χ0n) is 16.3. The lowest BCUT2D eigenvalue weighted by molar-refractivity contribution is 0.0746. The van der Waals surface area contributed by atoms with E-state index in [9.17, 15) is 9.18 Å². The molecule has 0 saturated carbocycles. The Morgan fingerprint density at radius 2 is 1.73 bits per heavy atom. The molecule has 0 unspecified atom stereocenters. The number of hydrogen-bond donors (Lipinski definition) is 0. The smallest absolute Gasteiger partial charge is 0.255 e. The van der Waals surface area contributed by atoms with Crippen LogP contribution in [0.25, 0.3) is 16.9 Å². The normalized spacial score (nSPS) is 14.3. The van der Waals surface area contributed by atoms with Crippen molar-refractivity contribution in [2.75, 3.05) is 31.1 Å². The van der Waals surface area contributed by atoms with Crippen LogP contribution >= 0.6 is 0 Å². The van der Waals surface area contributed by atoms with E-state index in [1.54, 1.807) is 24.7 Å². The quantitative estimate of drug-likeness (QED) is 0.527. The highest BCUT2D eigenvalue weighted by Gasteiger charge is 2.23. The lowest BCUT2D eigenvalue weighted by Crippen LogP contribution is -2.48. The number of rotatable bonds is 3. The number of benzene rings is 2. The molecule has 5 rings (SSSR count). The van der Waals surface area contributed by atoms with E-state index in [0.717, 1.165) is 22.5 Å². The number of piperazine rings is 1. The van der Waals surface area contributed by atoms with Crippen molar-refractivity contribution in [2.24, 2.45) is 0 Å². The molecule has 2 aromatic heterocycles. The molecule has 4 aromatic rings. The number of pyridine rings is 1. The van der Waals surface area contributed by atoms with Gasteiger partial charge in [0.05, 0.1) is 16.6 Å². The van der Waals surface area contributed by atoms with E-state index in [1.807, 2.05) is 45.9 Å². The summed E-state index contributed by atoms with van der Waals surface area (Å²) in [6.07, 6.45) is 3.35. The van der Waals surface area contributed by atoms with Crippen LogP contribution in [0.1, 0.15) is 10.4 Å². The van der Waals surface area contributed by atoms with Gasteiger partial charge < -0.3 is 9.80 Å². The number of carbonyl (C=O) groups is 1. The summed E-state index contributed by atoms with van der Waals surface area (Å²) in [4.78, 5) is 25.7. The lowest BCUT2D eigenvalue weighted by Gasteiger charge is -2.36. The molecule has 1 amide bonds. The summed E-state index contributed by atoms with van der Waals surface area (Å²) < 4.78 is 15.4. The van der Waals surface area contributed by atoms with Gasteiger partial charge in [0.1, 0.15) is 18.0 Å². The largest absolute Gasteiger partial charge is 0.368 e. The van der Waals surface area contributed by atoms with Gasteiger partial charge >= 0.3 is 0 Å². The maximum absolute atomic E-state index is 13.5. The maximum atomic E-state index is 13.5. The zero-order valence-corrected chi connectivity index (χ0v) is 16.3. The molecule has 2 aromatic carbocycles. The van der Waals surface area contributed by atoms with E-state index in [0.29, 0.717) is 31.7 Å². The van der Waals surface area contributed by atoms with Crippen LogP contribution in [0.5, 0.6) is 0 Å². The highest BCUT2D eigenvalue weighted by atomic mass is 19.1. The second kappa shape index (κ2) is 7.59. The number of halogens is 1. The molecule has 1 aliphatic rings. The minimum atomic E-state index is -0.247. The van der Waals surface area contributed by atoms with E-state index in [2.05, 4.69) is 14.9 Å². The first-order valence-corrected chi connectivity index (χ1v) is 9.87. The summed E-state index contributed by atoms with van der Waals surface area (Å²) >= 11 is 0. The highest BCUT2D eigenvalue weighted by molar-refractivity contribution is 5.94. The number of anilines is 1. The summed E-state index contributed by atoms with van der Waals surface area (Å²) in [5, 5.41) is 0. The molecule has 0 N–H and O–H groups in total. The molecule has 6 nitrogen and oxygen atoms in total. The number of carbonyl (C=O) groups excluding carboxylic acids is 1. The van der Waals surface area contributed by atoms with Gasteiger partial charge in [0.15, 0.2) is 0 Å². The molecule has 0 radical (unpaired) electrons. The number of amides is 1. The van der Waals surface area contributed by atoms with Crippen LogP contribution in [0.2, 0.25) is 0 Å². The monoisotopic (exact) mass is 401 g/mol. The number of aromatic nitrogens is 3. The molecule has 0 spiro atoms. The number of para-hydroxylation sites is 2. The predicted octanol–water partition coefficient (Wildman–Crippen LogP) is 3.52. The van der Waals surface area contributed by atoms with Crippen LogP contribution < -0.4 is 4.90 Å². The molecular weight excluding hydrogens is 381 g/mol. The molecule has 0 atom stereocenters. The van der Waals surface area contributed by atoms with Gasteiger partial charge in [-0.3, -0.25) is 9.36 Å². The lowest BCUT2D eigenvalue weighted by atomic mass is 10.2. The van der Waals surface area contributed by atoms with Crippen molar-refractivity contribution in [3.05, 3.63) is 84.6 Å².